The van der Waals surface area contributed by atoms with E-state index in [1.165, 1.54) is 0 Å². The second-order valence-electron chi connectivity index (χ2n) is 2.19. The highest BCUT2D eigenvalue weighted by Crippen LogP contribution is 1.97. The van der Waals surface area contributed by atoms with Crippen molar-refractivity contribution in [3.05, 3.63) is 0 Å². The highest BCUT2D eigenvalue weighted by molar-refractivity contribution is 5.64. The lowest BCUT2D eigenvalue weighted by molar-refractivity contribution is 0.193. The SMILES string of the molecule is CC#CC(CC)CNC(=O)O. The maximum absolute atomic E-state index is 10.1. The van der Waals surface area contributed by atoms with Crippen molar-refractivity contribution in [3.8, 4) is 11.8 Å². The zero-order valence-corrected chi connectivity index (χ0v) is 6.85. The molecule has 0 spiro atoms. The van der Waals surface area contributed by atoms with Gasteiger partial charge in [-0.1, -0.05) is 12.8 Å². The molecule has 0 aliphatic heterocycles. The number of rotatable bonds is 3. The van der Waals surface area contributed by atoms with Gasteiger partial charge in [0, 0.05) is 12.5 Å². The molecule has 0 rings (SSSR count). The lowest BCUT2D eigenvalue weighted by atomic mass is 10.1. The summed E-state index contributed by atoms with van der Waals surface area (Å²) in [5.74, 6) is 5.82. The van der Waals surface area contributed by atoms with E-state index < -0.39 is 6.09 Å². The fraction of sp³-hybridized carbons (Fsp3) is 0.625. The minimum Gasteiger partial charge on any atom is -0.465 e. The molecule has 0 bridgehead atoms. The number of hydrogen-bond donors (Lipinski definition) is 2. The van der Waals surface area contributed by atoms with Crippen LogP contribution in [0.1, 0.15) is 20.3 Å². The molecule has 62 valence electrons. The van der Waals surface area contributed by atoms with Crippen molar-refractivity contribution < 1.29 is 9.90 Å². The van der Waals surface area contributed by atoms with Gasteiger partial charge in [0.15, 0.2) is 0 Å². The van der Waals surface area contributed by atoms with Gasteiger partial charge in [0.1, 0.15) is 0 Å². The molecule has 0 aromatic rings. The maximum atomic E-state index is 10.1. The smallest absolute Gasteiger partial charge is 0.404 e. The Morgan fingerprint density at radius 3 is 2.73 bits per heavy atom. The molecule has 0 heterocycles. The van der Waals surface area contributed by atoms with Crippen LogP contribution in [0.15, 0.2) is 0 Å². The predicted octanol–water partition coefficient (Wildman–Crippen LogP) is 1.30. The summed E-state index contributed by atoms with van der Waals surface area (Å²) >= 11 is 0. The fourth-order valence-electron chi connectivity index (χ4n) is 0.712. The highest BCUT2D eigenvalue weighted by atomic mass is 16.4. The molecule has 11 heavy (non-hydrogen) atoms. The first-order chi connectivity index (χ1) is 5.20. The Morgan fingerprint density at radius 2 is 2.36 bits per heavy atom. The molecule has 3 heteroatoms. The topological polar surface area (TPSA) is 49.3 Å². The van der Waals surface area contributed by atoms with E-state index in [1.807, 2.05) is 6.92 Å². The summed E-state index contributed by atoms with van der Waals surface area (Å²) in [6.45, 7) is 4.16. The molecule has 0 saturated heterocycles. The van der Waals surface area contributed by atoms with E-state index in [1.54, 1.807) is 6.92 Å². The van der Waals surface area contributed by atoms with E-state index in [-0.39, 0.29) is 5.92 Å². The lowest BCUT2D eigenvalue weighted by Gasteiger charge is -2.05. The third-order valence-corrected chi connectivity index (χ3v) is 1.34. The summed E-state index contributed by atoms with van der Waals surface area (Å²) in [6, 6.07) is 0. The van der Waals surface area contributed by atoms with Gasteiger partial charge in [0.25, 0.3) is 0 Å². The predicted molar refractivity (Wildman–Crippen MR) is 43.3 cm³/mol. The van der Waals surface area contributed by atoms with Gasteiger partial charge in [-0.2, -0.15) is 0 Å². The van der Waals surface area contributed by atoms with Crippen LogP contribution in [-0.4, -0.2) is 17.7 Å². The first-order valence-corrected chi connectivity index (χ1v) is 3.59. The van der Waals surface area contributed by atoms with Crippen molar-refractivity contribution in [1.29, 1.82) is 0 Å². The second-order valence-corrected chi connectivity index (χ2v) is 2.19. The molecule has 3 nitrogen and oxygen atoms in total. The van der Waals surface area contributed by atoms with Crippen molar-refractivity contribution >= 4 is 6.09 Å². The summed E-state index contributed by atoms with van der Waals surface area (Å²) in [6.07, 6.45) is -0.109. The zero-order valence-electron chi connectivity index (χ0n) is 6.85. The molecule has 1 atom stereocenters. The summed E-state index contributed by atoms with van der Waals surface area (Å²) in [5.41, 5.74) is 0. The quantitative estimate of drug-likeness (QED) is 0.603. The van der Waals surface area contributed by atoms with Crippen molar-refractivity contribution in [1.82, 2.24) is 5.32 Å². The van der Waals surface area contributed by atoms with Crippen LogP contribution in [0.5, 0.6) is 0 Å². The Bertz CT molecular complexity index is 178. The number of carbonyl (C=O) groups is 1. The van der Waals surface area contributed by atoms with Crippen LogP contribution < -0.4 is 5.32 Å². The van der Waals surface area contributed by atoms with Gasteiger partial charge in [0.2, 0.25) is 0 Å². The number of amides is 1. The summed E-state index contributed by atoms with van der Waals surface area (Å²) in [5, 5.41) is 10.6. The molecule has 0 aromatic heterocycles. The van der Waals surface area contributed by atoms with Gasteiger partial charge in [-0.15, -0.1) is 5.92 Å². The number of hydrogen-bond acceptors (Lipinski definition) is 1. The second kappa shape index (κ2) is 5.60. The minimum atomic E-state index is -0.985. The van der Waals surface area contributed by atoms with Crippen LogP contribution in [-0.2, 0) is 0 Å². The molecule has 2 N–H and O–H groups in total. The van der Waals surface area contributed by atoms with Gasteiger partial charge in [-0.3, -0.25) is 0 Å². The molecule has 0 saturated carbocycles. The number of nitrogens with one attached hydrogen (secondary N) is 1. The Hall–Kier alpha value is -1.17. The lowest BCUT2D eigenvalue weighted by Crippen LogP contribution is -2.26. The summed E-state index contributed by atoms with van der Waals surface area (Å²) < 4.78 is 0. The van der Waals surface area contributed by atoms with Gasteiger partial charge in [0.05, 0.1) is 0 Å². The van der Waals surface area contributed by atoms with Crippen LogP contribution in [0.25, 0.3) is 0 Å². The molecule has 1 amide bonds. The molecular formula is C8H13NO2. The minimum absolute atomic E-state index is 0.149. The monoisotopic (exact) mass is 155 g/mol. The zero-order chi connectivity index (χ0) is 8.69. The van der Waals surface area contributed by atoms with E-state index in [9.17, 15) is 4.79 Å². The largest absolute Gasteiger partial charge is 0.465 e. The van der Waals surface area contributed by atoms with Crippen molar-refractivity contribution in [2.45, 2.75) is 20.3 Å². The van der Waals surface area contributed by atoms with Crippen molar-refractivity contribution in [2.24, 2.45) is 5.92 Å². The normalized spacial score (nSPS) is 11.1. The Kier molecular flexibility index (Phi) is 5.01. The maximum Gasteiger partial charge on any atom is 0.404 e. The van der Waals surface area contributed by atoms with Gasteiger partial charge in [-0.25, -0.2) is 4.79 Å². The highest BCUT2D eigenvalue weighted by Gasteiger charge is 2.02. The Morgan fingerprint density at radius 1 is 1.73 bits per heavy atom. The first-order valence-electron chi connectivity index (χ1n) is 3.59. The van der Waals surface area contributed by atoms with E-state index >= 15 is 0 Å². The van der Waals surface area contributed by atoms with Crippen LogP contribution in [0.3, 0.4) is 0 Å². The Balaban J connectivity index is 3.66. The van der Waals surface area contributed by atoms with Crippen LogP contribution in [0.4, 0.5) is 4.79 Å². The van der Waals surface area contributed by atoms with E-state index in [4.69, 9.17) is 5.11 Å². The van der Waals surface area contributed by atoms with Crippen LogP contribution in [0.2, 0.25) is 0 Å². The fourth-order valence-corrected chi connectivity index (χ4v) is 0.712. The van der Waals surface area contributed by atoms with Crippen molar-refractivity contribution in [2.75, 3.05) is 6.54 Å². The summed E-state index contributed by atoms with van der Waals surface area (Å²) in [7, 11) is 0. The Labute approximate surface area is 66.8 Å². The van der Waals surface area contributed by atoms with E-state index in [2.05, 4.69) is 17.2 Å². The molecular weight excluding hydrogens is 142 g/mol. The van der Waals surface area contributed by atoms with Crippen LogP contribution in [0, 0.1) is 17.8 Å². The molecule has 0 aliphatic carbocycles. The molecule has 0 aromatic carbocycles. The van der Waals surface area contributed by atoms with Crippen molar-refractivity contribution in [3.63, 3.8) is 0 Å². The standard InChI is InChI=1S/C8H13NO2/c1-3-5-7(4-2)6-9-8(10)11/h7,9H,4,6H2,1-2H3,(H,10,11). The summed E-state index contributed by atoms with van der Waals surface area (Å²) in [4.78, 5) is 10.1. The third-order valence-electron chi connectivity index (χ3n) is 1.34. The van der Waals surface area contributed by atoms with E-state index in [0.29, 0.717) is 6.54 Å². The van der Waals surface area contributed by atoms with E-state index in [0.717, 1.165) is 6.42 Å². The number of carboxylic acid groups (broad SMARTS) is 1. The van der Waals surface area contributed by atoms with Gasteiger partial charge >= 0.3 is 6.09 Å². The molecule has 0 aliphatic rings. The average Bonchev–Trinajstić information content (AvgIpc) is 1.97. The first kappa shape index (κ1) is 9.83. The molecule has 0 radical (unpaired) electrons. The molecule has 0 fully saturated rings. The van der Waals surface area contributed by atoms with Gasteiger partial charge < -0.3 is 10.4 Å². The van der Waals surface area contributed by atoms with Gasteiger partial charge in [-0.05, 0) is 13.3 Å². The van der Waals surface area contributed by atoms with Crippen LogP contribution >= 0.6 is 0 Å². The average molecular weight is 155 g/mol. The third kappa shape index (κ3) is 5.28. The molecule has 1 unspecified atom stereocenters.